The van der Waals surface area contributed by atoms with Crippen LogP contribution in [0.4, 0.5) is 13.6 Å². The molecule has 2 fully saturated rings. The van der Waals surface area contributed by atoms with Crippen LogP contribution in [-0.2, 0) is 5.79 Å². The number of alkyl halides is 2. The number of carboxylic acid groups (broad SMARTS) is 1. The molecule has 3 rings (SSSR count). The fourth-order valence-corrected chi connectivity index (χ4v) is 3.24. The predicted octanol–water partition coefficient (Wildman–Crippen LogP) is 2.30. The molecule has 1 unspecified atom stereocenters. The zero-order valence-corrected chi connectivity index (χ0v) is 11.6. The van der Waals surface area contributed by atoms with Crippen molar-refractivity contribution < 1.29 is 18.7 Å². The third-order valence-electron chi connectivity index (χ3n) is 4.37. The van der Waals surface area contributed by atoms with Crippen LogP contribution >= 0.6 is 0 Å². The number of halogens is 2. The first-order chi connectivity index (χ1) is 10.1. The Bertz CT molecular complexity index is 532. The number of hydrogen-bond acceptors (Lipinski definition) is 3. The molecule has 1 N–H and O–H groups in total. The van der Waals surface area contributed by atoms with Crippen molar-refractivity contribution in [1.29, 1.82) is 0 Å². The Labute approximate surface area is 120 Å². The lowest BCUT2D eigenvalue weighted by Crippen LogP contribution is -2.68. The predicted molar refractivity (Wildman–Crippen MR) is 69.9 cm³/mol. The fraction of sp³-hybridized carbons (Fsp3) is 0.692. The van der Waals surface area contributed by atoms with E-state index >= 15 is 0 Å². The number of carbonyl (C=O) groups is 1. The molecule has 1 atom stereocenters. The molecule has 1 amide bonds. The van der Waals surface area contributed by atoms with Crippen molar-refractivity contribution in [3.05, 3.63) is 18.0 Å². The van der Waals surface area contributed by atoms with Gasteiger partial charge in [0.2, 0.25) is 0 Å². The van der Waals surface area contributed by atoms with Gasteiger partial charge in [0.15, 0.2) is 5.79 Å². The highest BCUT2D eigenvalue weighted by Crippen LogP contribution is 2.39. The van der Waals surface area contributed by atoms with Crippen molar-refractivity contribution >= 4 is 6.09 Å². The molecule has 0 aromatic carbocycles. The minimum atomic E-state index is -2.65. The molecule has 3 heterocycles. The Balaban J connectivity index is 2.04. The second-order valence-corrected chi connectivity index (χ2v) is 5.49. The molecule has 0 spiro atoms. The van der Waals surface area contributed by atoms with Gasteiger partial charge in [0.1, 0.15) is 5.69 Å². The van der Waals surface area contributed by atoms with Crippen LogP contribution in [0.15, 0.2) is 12.3 Å². The van der Waals surface area contributed by atoms with Gasteiger partial charge < -0.3 is 5.11 Å². The van der Waals surface area contributed by atoms with E-state index in [0.29, 0.717) is 13.0 Å². The summed E-state index contributed by atoms with van der Waals surface area (Å²) in [6.07, 6.45) is 0.982. The van der Waals surface area contributed by atoms with Crippen LogP contribution < -0.4 is 0 Å². The summed E-state index contributed by atoms with van der Waals surface area (Å²) in [5.74, 6) is -0.949. The minimum absolute atomic E-state index is 0.314. The molecule has 116 valence electrons. The van der Waals surface area contributed by atoms with Crippen LogP contribution in [0.2, 0.25) is 0 Å². The largest absolute Gasteiger partial charge is 0.465 e. The summed E-state index contributed by atoms with van der Waals surface area (Å²) < 4.78 is 27.0. The summed E-state index contributed by atoms with van der Waals surface area (Å²) in [5.41, 5.74) is -0.314. The lowest BCUT2D eigenvalue weighted by molar-refractivity contribution is -0.161. The molecule has 0 radical (unpaired) electrons. The average Bonchev–Trinajstić information content (AvgIpc) is 2.86. The molecule has 0 saturated carbocycles. The summed E-state index contributed by atoms with van der Waals surface area (Å²) in [4.78, 5) is 15.0. The van der Waals surface area contributed by atoms with Crippen molar-refractivity contribution in [2.45, 2.75) is 37.9 Å². The Morgan fingerprint density at radius 3 is 2.57 bits per heavy atom. The van der Waals surface area contributed by atoms with Crippen LogP contribution in [0.1, 0.15) is 37.8 Å². The standard InChI is InChI=1S/C13H18F2N4O2/c14-11(15)10-4-9-19(16-10)13(17-6-3-7-17)5-1-2-8-18(13)12(20)21/h4,9,11H,1-3,5-8H2,(H,20,21). The molecule has 1 aromatic heterocycles. The topological polar surface area (TPSA) is 61.6 Å². The number of likely N-dealkylation sites (tertiary alicyclic amines) is 2. The van der Waals surface area contributed by atoms with E-state index in [9.17, 15) is 18.7 Å². The highest BCUT2D eigenvalue weighted by molar-refractivity contribution is 5.66. The van der Waals surface area contributed by atoms with E-state index in [1.54, 1.807) is 0 Å². The van der Waals surface area contributed by atoms with Crippen molar-refractivity contribution in [2.75, 3.05) is 19.6 Å². The molecule has 2 aliphatic rings. The van der Waals surface area contributed by atoms with E-state index in [0.717, 1.165) is 32.4 Å². The molecule has 2 saturated heterocycles. The maximum Gasteiger partial charge on any atom is 0.410 e. The van der Waals surface area contributed by atoms with Crippen LogP contribution in [0.5, 0.6) is 0 Å². The highest BCUT2D eigenvalue weighted by Gasteiger charge is 2.50. The van der Waals surface area contributed by atoms with Gasteiger partial charge in [0.05, 0.1) is 0 Å². The van der Waals surface area contributed by atoms with E-state index in [2.05, 4.69) is 5.10 Å². The maximum atomic E-state index is 12.8. The molecule has 1 aromatic rings. The monoisotopic (exact) mass is 300 g/mol. The molecular weight excluding hydrogens is 282 g/mol. The normalized spacial score (nSPS) is 26.9. The first-order valence-electron chi connectivity index (χ1n) is 7.15. The van der Waals surface area contributed by atoms with Crippen LogP contribution in [0, 0.1) is 0 Å². The van der Waals surface area contributed by atoms with Crippen molar-refractivity contribution in [1.82, 2.24) is 19.6 Å². The Morgan fingerprint density at radius 1 is 1.29 bits per heavy atom. The van der Waals surface area contributed by atoms with Crippen molar-refractivity contribution in [3.8, 4) is 0 Å². The number of piperidine rings is 1. The van der Waals surface area contributed by atoms with E-state index in [1.807, 2.05) is 4.90 Å². The van der Waals surface area contributed by atoms with Gasteiger partial charge in [-0.05, 0) is 25.3 Å². The van der Waals surface area contributed by atoms with Crippen LogP contribution in [-0.4, -0.2) is 50.4 Å². The highest BCUT2D eigenvalue weighted by atomic mass is 19.3. The summed E-state index contributed by atoms with van der Waals surface area (Å²) in [7, 11) is 0. The number of nitrogens with zero attached hydrogens (tertiary/aromatic N) is 4. The number of aromatic nitrogens is 2. The molecule has 6 nitrogen and oxygen atoms in total. The Hall–Kier alpha value is -1.70. The van der Waals surface area contributed by atoms with Gasteiger partial charge in [-0.3, -0.25) is 9.80 Å². The molecule has 8 heteroatoms. The van der Waals surface area contributed by atoms with E-state index in [1.165, 1.54) is 21.8 Å². The van der Waals surface area contributed by atoms with Crippen molar-refractivity contribution in [2.24, 2.45) is 0 Å². The number of hydrogen-bond donors (Lipinski definition) is 1. The second kappa shape index (κ2) is 5.25. The third-order valence-corrected chi connectivity index (χ3v) is 4.37. The van der Waals surface area contributed by atoms with Gasteiger partial charge in [-0.15, -0.1) is 0 Å². The smallest absolute Gasteiger partial charge is 0.410 e. The Morgan fingerprint density at radius 2 is 2.05 bits per heavy atom. The van der Waals surface area contributed by atoms with Gasteiger partial charge >= 0.3 is 6.09 Å². The first-order valence-corrected chi connectivity index (χ1v) is 7.15. The van der Waals surface area contributed by atoms with E-state index in [-0.39, 0.29) is 5.69 Å². The maximum absolute atomic E-state index is 12.8. The van der Waals surface area contributed by atoms with Gasteiger partial charge in [0, 0.05) is 32.3 Å². The van der Waals surface area contributed by atoms with Crippen LogP contribution in [0.25, 0.3) is 0 Å². The summed E-state index contributed by atoms with van der Waals surface area (Å²) in [6, 6.07) is 1.26. The van der Waals surface area contributed by atoms with Gasteiger partial charge in [-0.2, -0.15) is 5.10 Å². The van der Waals surface area contributed by atoms with Gasteiger partial charge in [-0.25, -0.2) is 18.3 Å². The van der Waals surface area contributed by atoms with Gasteiger partial charge in [-0.1, -0.05) is 0 Å². The molecular formula is C13H18F2N4O2. The first kappa shape index (κ1) is 14.2. The van der Waals surface area contributed by atoms with E-state index < -0.39 is 18.3 Å². The zero-order valence-electron chi connectivity index (χ0n) is 11.6. The lowest BCUT2D eigenvalue weighted by Gasteiger charge is -2.55. The summed E-state index contributed by atoms with van der Waals surface area (Å²) >= 11 is 0. The average molecular weight is 300 g/mol. The second-order valence-electron chi connectivity index (χ2n) is 5.49. The number of rotatable bonds is 3. The summed E-state index contributed by atoms with van der Waals surface area (Å²) in [5, 5.41) is 13.5. The lowest BCUT2D eigenvalue weighted by atomic mass is 9.98. The fourth-order valence-electron chi connectivity index (χ4n) is 3.24. The van der Waals surface area contributed by atoms with Crippen molar-refractivity contribution in [3.63, 3.8) is 0 Å². The van der Waals surface area contributed by atoms with Crippen LogP contribution in [0.3, 0.4) is 0 Å². The third kappa shape index (κ3) is 2.17. The molecule has 2 aliphatic heterocycles. The Kier molecular flexibility index (Phi) is 3.56. The minimum Gasteiger partial charge on any atom is -0.465 e. The molecule has 0 bridgehead atoms. The quantitative estimate of drug-likeness (QED) is 0.930. The molecule has 0 aliphatic carbocycles. The molecule has 21 heavy (non-hydrogen) atoms. The zero-order chi connectivity index (χ0) is 15.0. The van der Waals surface area contributed by atoms with Gasteiger partial charge in [0.25, 0.3) is 6.43 Å². The number of amides is 1. The summed E-state index contributed by atoms with van der Waals surface area (Å²) in [6.45, 7) is 1.91. The van der Waals surface area contributed by atoms with E-state index in [4.69, 9.17) is 0 Å². The SMILES string of the molecule is O=C(O)N1CCCCC1(N1CCC1)n1ccc(C(F)F)n1.